The molecule has 0 spiro atoms. The molecule has 0 saturated carbocycles. The van der Waals surface area contributed by atoms with Crippen molar-refractivity contribution in [2.45, 2.75) is 18.7 Å². The molecule has 0 bridgehead atoms. The van der Waals surface area contributed by atoms with Crippen molar-refractivity contribution in [3.8, 4) is 0 Å². The van der Waals surface area contributed by atoms with E-state index in [-0.39, 0.29) is 16.1 Å². The van der Waals surface area contributed by atoms with E-state index in [1.54, 1.807) is 37.3 Å². The lowest BCUT2D eigenvalue weighted by Gasteiger charge is -2.23. The number of para-hydroxylation sites is 1. The number of rotatable bonds is 4. The van der Waals surface area contributed by atoms with Crippen LogP contribution in [0.15, 0.2) is 53.6 Å². The number of pyridine rings is 1. The van der Waals surface area contributed by atoms with E-state index in [0.29, 0.717) is 16.6 Å². The van der Waals surface area contributed by atoms with Crippen LogP contribution in [0.2, 0.25) is 0 Å². The van der Waals surface area contributed by atoms with Gasteiger partial charge in [-0.15, -0.1) is 0 Å². The summed E-state index contributed by atoms with van der Waals surface area (Å²) in [4.78, 5) is 15.0. The molecule has 0 radical (unpaired) electrons. The monoisotopic (exact) mass is 371 g/mol. The summed E-state index contributed by atoms with van der Waals surface area (Å²) in [5, 5.41) is 11.7. The van der Waals surface area contributed by atoms with E-state index in [9.17, 15) is 18.5 Å². The molecule has 0 amide bonds. The Morgan fingerprint density at radius 1 is 1.08 bits per heavy atom. The van der Waals surface area contributed by atoms with Gasteiger partial charge in [-0.1, -0.05) is 29.8 Å². The van der Waals surface area contributed by atoms with Crippen LogP contribution in [0.4, 0.5) is 11.4 Å². The second kappa shape index (κ2) is 6.38. The minimum absolute atomic E-state index is 0.153. The SMILES string of the molecule is Cc1ccc(S(=O)(=O)N(C)c2c(C)cnc3c([N+](=O)[O-])cccc23)cc1. The van der Waals surface area contributed by atoms with Gasteiger partial charge in [-0.2, -0.15) is 0 Å². The Bertz CT molecular complexity index is 1110. The quantitative estimate of drug-likeness (QED) is 0.516. The standard InChI is InChI=1S/C18H17N3O4S/c1-12-7-9-14(10-8-12)26(24,25)20(3)18-13(2)11-19-17-15(18)5-4-6-16(17)21(22)23/h4-11H,1-3H3. The molecule has 0 atom stereocenters. The Hall–Kier alpha value is -3.00. The maximum absolute atomic E-state index is 13.0. The predicted octanol–water partition coefficient (Wildman–Crippen LogP) is 3.58. The van der Waals surface area contributed by atoms with E-state index >= 15 is 0 Å². The van der Waals surface area contributed by atoms with Crippen molar-refractivity contribution < 1.29 is 13.3 Å². The number of anilines is 1. The largest absolute Gasteiger partial charge is 0.295 e. The molecule has 3 rings (SSSR count). The fourth-order valence-corrected chi connectivity index (χ4v) is 4.13. The molecular formula is C18H17N3O4S. The maximum Gasteiger partial charge on any atom is 0.295 e. The van der Waals surface area contributed by atoms with Crippen LogP contribution in [0.3, 0.4) is 0 Å². The van der Waals surface area contributed by atoms with Crippen LogP contribution in [-0.2, 0) is 10.0 Å². The van der Waals surface area contributed by atoms with Crippen LogP contribution in [-0.4, -0.2) is 25.4 Å². The lowest BCUT2D eigenvalue weighted by Crippen LogP contribution is -2.27. The molecule has 1 heterocycles. The summed E-state index contributed by atoms with van der Waals surface area (Å²) >= 11 is 0. The van der Waals surface area contributed by atoms with Gasteiger partial charge in [0, 0.05) is 24.7 Å². The zero-order chi connectivity index (χ0) is 19.1. The van der Waals surface area contributed by atoms with Crippen LogP contribution in [0, 0.1) is 24.0 Å². The number of aryl methyl sites for hydroxylation is 2. The number of non-ortho nitro benzene ring substituents is 1. The Morgan fingerprint density at radius 3 is 2.35 bits per heavy atom. The summed E-state index contributed by atoms with van der Waals surface area (Å²) in [6.07, 6.45) is 1.45. The minimum Gasteiger partial charge on any atom is -0.268 e. The highest BCUT2D eigenvalue weighted by molar-refractivity contribution is 7.92. The minimum atomic E-state index is -3.82. The van der Waals surface area contributed by atoms with E-state index in [2.05, 4.69) is 4.98 Å². The Morgan fingerprint density at radius 2 is 1.73 bits per heavy atom. The van der Waals surface area contributed by atoms with Crippen molar-refractivity contribution in [2.75, 3.05) is 11.4 Å². The van der Waals surface area contributed by atoms with Gasteiger partial charge in [0.05, 0.1) is 15.5 Å². The normalized spacial score (nSPS) is 11.5. The van der Waals surface area contributed by atoms with Crippen molar-refractivity contribution >= 4 is 32.3 Å². The number of nitrogens with zero attached hydrogens (tertiary/aromatic N) is 3. The fraction of sp³-hybridized carbons (Fsp3) is 0.167. The van der Waals surface area contributed by atoms with Crippen molar-refractivity contribution in [2.24, 2.45) is 0 Å². The Balaban J connectivity index is 2.24. The molecule has 1 aromatic heterocycles. The summed E-state index contributed by atoms with van der Waals surface area (Å²) in [7, 11) is -2.38. The summed E-state index contributed by atoms with van der Waals surface area (Å²) in [6.45, 7) is 3.60. The van der Waals surface area contributed by atoms with Gasteiger partial charge < -0.3 is 0 Å². The number of sulfonamides is 1. The summed E-state index contributed by atoms with van der Waals surface area (Å²) in [5.41, 5.74) is 1.93. The van der Waals surface area contributed by atoms with E-state index in [1.807, 2.05) is 6.92 Å². The van der Waals surface area contributed by atoms with Crippen LogP contribution in [0.5, 0.6) is 0 Å². The van der Waals surface area contributed by atoms with Crippen LogP contribution < -0.4 is 4.31 Å². The van der Waals surface area contributed by atoms with Gasteiger partial charge >= 0.3 is 0 Å². The first kappa shape index (κ1) is 17.8. The molecule has 0 fully saturated rings. The second-order valence-electron chi connectivity index (χ2n) is 6.01. The van der Waals surface area contributed by atoms with Crippen molar-refractivity contribution in [3.05, 3.63) is 69.9 Å². The van der Waals surface area contributed by atoms with E-state index < -0.39 is 14.9 Å². The molecule has 0 N–H and O–H groups in total. The molecule has 2 aromatic carbocycles. The third kappa shape index (κ3) is 2.88. The first-order chi connectivity index (χ1) is 12.2. The molecule has 0 unspecified atom stereocenters. The lowest BCUT2D eigenvalue weighted by molar-refractivity contribution is -0.383. The molecule has 26 heavy (non-hydrogen) atoms. The first-order valence-electron chi connectivity index (χ1n) is 7.82. The summed E-state index contributed by atoms with van der Waals surface area (Å²) in [6, 6.07) is 11.1. The molecule has 134 valence electrons. The lowest BCUT2D eigenvalue weighted by atomic mass is 10.1. The van der Waals surface area contributed by atoms with E-state index in [0.717, 1.165) is 9.87 Å². The van der Waals surface area contributed by atoms with Gasteiger partial charge in [0.2, 0.25) is 0 Å². The number of aromatic nitrogens is 1. The zero-order valence-corrected chi connectivity index (χ0v) is 15.3. The summed E-state index contributed by atoms with van der Waals surface area (Å²) in [5.74, 6) is 0. The van der Waals surface area contributed by atoms with Crippen molar-refractivity contribution in [1.82, 2.24) is 4.98 Å². The van der Waals surface area contributed by atoms with Gasteiger partial charge in [0.25, 0.3) is 15.7 Å². The molecule has 0 aliphatic carbocycles. The highest BCUT2D eigenvalue weighted by Crippen LogP contribution is 2.35. The maximum atomic E-state index is 13.0. The van der Waals surface area contributed by atoms with Crippen molar-refractivity contribution in [3.63, 3.8) is 0 Å². The van der Waals surface area contributed by atoms with E-state index in [4.69, 9.17) is 0 Å². The van der Waals surface area contributed by atoms with E-state index in [1.165, 1.54) is 25.4 Å². The van der Waals surface area contributed by atoms with Crippen LogP contribution in [0.1, 0.15) is 11.1 Å². The Labute approximate surface area is 151 Å². The van der Waals surface area contributed by atoms with Gasteiger partial charge in [0.1, 0.15) is 5.52 Å². The van der Waals surface area contributed by atoms with Crippen LogP contribution >= 0.6 is 0 Å². The van der Waals surface area contributed by atoms with Gasteiger partial charge in [-0.05, 0) is 31.5 Å². The fourth-order valence-electron chi connectivity index (χ4n) is 2.85. The third-order valence-corrected chi connectivity index (χ3v) is 5.99. The molecule has 0 aliphatic heterocycles. The third-order valence-electron chi connectivity index (χ3n) is 4.22. The summed E-state index contributed by atoms with van der Waals surface area (Å²) < 4.78 is 27.2. The topological polar surface area (TPSA) is 93.4 Å². The smallest absolute Gasteiger partial charge is 0.268 e. The zero-order valence-electron chi connectivity index (χ0n) is 14.5. The number of nitro groups is 1. The molecular weight excluding hydrogens is 354 g/mol. The van der Waals surface area contributed by atoms with Crippen molar-refractivity contribution in [1.29, 1.82) is 0 Å². The Kier molecular flexibility index (Phi) is 4.37. The van der Waals surface area contributed by atoms with Crippen LogP contribution in [0.25, 0.3) is 10.9 Å². The average molecular weight is 371 g/mol. The van der Waals surface area contributed by atoms with Gasteiger partial charge in [-0.25, -0.2) is 13.4 Å². The predicted molar refractivity (Wildman–Crippen MR) is 99.9 cm³/mol. The molecule has 8 heteroatoms. The highest BCUT2D eigenvalue weighted by atomic mass is 32.2. The second-order valence-corrected chi connectivity index (χ2v) is 7.98. The highest BCUT2D eigenvalue weighted by Gasteiger charge is 2.26. The first-order valence-corrected chi connectivity index (χ1v) is 9.26. The average Bonchev–Trinajstić information content (AvgIpc) is 2.60. The number of hydrogen-bond donors (Lipinski definition) is 0. The molecule has 0 aliphatic rings. The van der Waals surface area contributed by atoms with Gasteiger partial charge in [-0.3, -0.25) is 14.4 Å². The molecule has 7 nitrogen and oxygen atoms in total. The van der Waals surface area contributed by atoms with Gasteiger partial charge in [0.15, 0.2) is 0 Å². The number of nitro benzene ring substituents is 1. The number of benzene rings is 2. The number of fused-ring (bicyclic) bond motifs is 1. The number of hydrogen-bond acceptors (Lipinski definition) is 5. The molecule has 0 saturated heterocycles. The molecule has 3 aromatic rings.